The molecule has 0 aliphatic rings. The van der Waals surface area contributed by atoms with Crippen molar-refractivity contribution in [3.63, 3.8) is 0 Å². The Morgan fingerprint density at radius 2 is 1.94 bits per heavy atom. The molecule has 2 rings (SSSR count). The Morgan fingerprint density at radius 1 is 1.19 bits per heavy atom. The summed E-state index contributed by atoms with van der Waals surface area (Å²) in [6.45, 7) is 0.734. The highest BCUT2D eigenvalue weighted by molar-refractivity contribution is 5.45. The third-order valence-corrected chi connectivity index (χ3v) is 2.58. The summed E-state index contributed by atoms with van der Waals surface area (Å²) < 4.78 is 5.28. The summed E-state index contributed by atoms with van der Waals surface area (Å²) in [6.07, 6.45) is 1.65. The summed E-state index contributed by atoms with van der Waals surface area (Å²) >= 11 is 0. The van der Waals surface area contributed by atoms with Gasteiger partial charge < -0.3 is 15.1 Å². The molecule has 1 heterocycles. The van der Waals surface area contributed by atoms with Gasteiger partial charge in [0.05, 0.1) is 12.3 Å². The third kappa shape index (κ3) is 2.44. The highest BCUT2D eigenvalue weighted by atomic mass is 16.3. The first-order valence-corrected chi connectivity index (χ1v) is 5.32. The van der Waals surface area contributed by atoms with Crippen LogP contribution >= 0.6 is 0 Å². The lowest BCUT2D eigenvalue weighted by Crippen LogP contribution is -2.28. The van der Waals surface area contributed by atoms with E-state index in [-0.39, 0.29) is 6.04 Å². The van der Waals surface area contributed by atoms with Crippen molar-refractivity contribution in [3.05, 3.63) is 54.5 Å². The van der Waals surface area contributed by atoms with Crippen LogP contribution in [0.3, 0.4) is 0 Å². The summed E-state index contributed by atoms with van der Waals surface area (Å²) in [4.78, 5) is 2.12. The van der Waals surface area contributed by atoms with E-state index in [2.05, 4.69) is 17.0 Å². The number of rotatable bonds is 4. The molecule has 2 aromatic rings. The van der Waals surface area contributed by atoms with Crippen LogP contribution in [0.4, 0.5) is 5.69 Å². The molecule has 0 fully saturated rings. The summed E-state index contributed by atoms with van der Waals surface area (Å²) in [5, 5.41) is 0. The van der Waals surface area contributed by atoms with E-state index in [0.717, 1.165) is 18.0 Å². The van der Waals surface area contributed by atoms with Gasteiger partial charge in [-0.25, -0.2) is 0 Å². The van der Waals surface area contributed by atoms with E-state index >= 15 is 0 Å². The second-order valence-electron chi connectivity index (χ2n) is 3.84. The van der Waals surface area contributed by atoms with Gasteiger partial charge in [-0.2, -0.15) is 0 Å². The van der Waals surface area contributed by atoms with Crippen molar-refractivity contribution in [2.45, 2.75) is 6.04 Å². The molecule has 1 aromatic carbocycles. The van der Waals surface area contributed by atoms with Crippen LogP contribution in [-0.4, -0.2) is 13.6 Å². The molecule has 0 aliphatic carbocycles. The molecular weight excluding hydrogens is 200 g/mol. The van der Waals surface area contributed by atoms with Crippen molar-refractivity contribution >= 4 is 5.69 Å². The molecule has 16 heavy (non-hydrogen) atoms. The SMILES string of the molecule is CN(CC(N)c1ccco1)c1ccccc1. The Morgan fingerprint density at radius 3 is 2.56 bits per heavy atom. The molecule has 3 heteroatoms. The summed E-state index contributed by atoms with van der Waals surface area (Å²) in [5.74, 6) is 0.822. The Balaban J connectivity index is 2.00. The Kier molecular flexibility index (Phi) is 3.27. The number of benzene rings is 1. The standard InChI is InChI=1S/C13H16N2O/c1-15(11-6-3-2-4-7-11)10-12(14)13-8-5-9-16-13/h2-9,12H,10,14H2,1H3. The number of para-hydroxylation sites is 1. The first-order chi connectivity index (χ1) is 7.77. The summed E-state index contributed by atoms with van der Waals surface area (Å²) in [6, 6.07) is 13.8. The average molecular weight is 216 g/mol. The van der Waals surface area contributed by atoms with Crippen LogP contribution < -0.4 is 10.6 Å². The largest absolute Gasteiger partial charge is 0.468 e. The summed E-state index contributed by atoms with van der Waals surface area (Å²) in [5.41, 5.74) is 7.20. The highest BCUT2D eigenvalue weighted by Gasteiger charge is 2.11. The van der Waals surface area contributed by atoms with E-state index < -0.39 is 0 Å². The number of likely N-dealkylation sites (N-methyl/N-ethyl adjacent to an activating group) is 1. The first kappa shape index (κ1) is 10.8. The van der Waals surface area contributed by atoms with Crippen LogP contribution in [0.1, 0.15) is 11.8 Å². The smallest absolute Gasteiger partial charge is 0.122 e. The normalized spacial score (nSPS) is 12.4. The molecule has 0 saturated carbocycles. The number of nitrogens with zero attached hydrogens (tertiary/aromatic N) is 1. The molecule has 84 valence electrons. The van der Waals surface area contributed by atoms with E-state index in [4.69, 9.17) is 10.2 Å². The van der Waals surface area contributed by atoms with E-state index in [9.17, 15) is 0 Å². The van der Waals surface area contributed by atoms with Gasteiger partial charge in [0.25, 0.3) is 0 Å². The van der Waals surface area contributed by atoms with Crippen LogP contribution in [0, 0.1) is 0 Å². The molecule has 1 unspecified atom stereocenters. The van der Waals surface area contributed by atoms with Crippen LogP contribution in [0.5, 0.6) is 0 Å². The van der Waals surface area contributed by atoms with Gasteiger partial charge in [0, 0.05) is 19.3 Å². The van der Waals surface area contributed by atoms with Crippen molar-refractivity contribution in [1.29, 1.82) is 0 Å². The molecule has 0 radical (unpaired) electrons. The third-order valence-electron chi connectivity index (χ3n) is 2.58. The predicted molar refractivity (Wildman–Crippen MR) is 65.3 cm³/mol. The predicted octanol–water partition coefficient (Wildman–Crippen LogP) is 2.42. The van der Waals surface area contributed by atoms with E-state index in [1.165, 1.54) is 0 Å². The molecule has 2 N–H and O–H groups in total. The Hall–Kier alpha value is -1.74. The molecule has 1 atom stereocenters. The zero-order chi connectivity index (χ0) is 11.4. The van der Waals surface area contributed by atoms with Gasteiger partial charge >= 0.3 is 0 Å². The second-order valence-corrected chi connectivity index (χ2v) is 3.84. The van der Waals surface area contributed by atoms with Crippen LogP contribution in [-0.2, 0) is 0 Å². The zero-order valence-corrected chi connectivity index (χ0v) is 9.34. The van der Waals surface area contributed by atoms with Crippen molar-refractivity contribution in [3.8, 4) is 0 Å². The minimum atomic E-state index is -0.0970. The fraction of sp³-hybridized carbons (Fsp3) is 0.231. The molecule has 0 bridgehead atoms. The Bertz CT molecular complexity index is 411. The molecular formula is C13H16N2O. The first-order valence-electron chi connectivity index (χ1n) is 5.32. The number of hydrogen-bond acceptors (Lipinski definition) is 3. The number of furan rings is 1. The van der Waals surface area contributed by atoms with Crippen LogP contribution in [0.2, 0.25) is 0 Å². The van der Waals surface area contributed by atoms with Gasteiger partial charge in [-0.3, -0.25) is 0 Å². The van der Waals surface area contributed by atoms with Crippen molar-refractivity contribution in [2.24, 2.45) is 5.73 Å². The molecule has 0 saturated heterocycles. The van der Waals surface area contributed by atoms with Crippen molar-refractivity contribution < 1.29 is 4.42 Å². The number of anilines is 1. The number of nitrogens with two attached hydrogens (primary N) is 1. The zero-order valence-electron chi connectivity index (χ0n) is 9.34. The molecule has 1 aromatic heterocycles. The average Bonchev–Trinajstić information content (AvgIpc) is 2.83. The maximum atomic E-state index is 6.04. The maximum absolute atomic E-state index is 6.04. The lowest BCUT2D eigenvalue weighted by atomic mass is 10.2. The van der Waals surface area contributed by atoms with Gasteiger partial charge in [0.2, 0.25) is 0 Å². The fourth-order valence-electron chi connectivity index (χ4n) is 1.68. The van der Waals surface area contributed by atoms with E-state index in [1.807, 2.05) is 37.4 Å². The van der Waals surface area contributed by atoms with Gasteiger partial charge in [-0.15, -0.1) is 0 Å². The van der Waals surface area contributed by atoms with Gasteiger partial charge in [-0.1, -0.05) is 18.2 Å². The van der Waals surface area contributed by atoms with Gasteiger partial charge in [0.15, 0.2) is 0 Å². The fourth-order valence-corrected chi connectivity index (χ4v) is 1.68. The lowest BCUT2D eigenvalue weighted by Gasteiger charge is -2.22. The molecule has 0 amide bonds. The molecule has 3 nitrogen and oxygen atoms in total. The van der Waals surface area contributed by atoms with Crippen LogP contribution in [0.25, 0.3) is 0 Å². The maximum Gasteiger partial charge on any atom is 0.122 e. The topological polar surface area (TPSA) is 42.4 Å². The van der Waals surface area contributed by atoms with Gasteiger partial charge in [-0.05, 0) is 24.3 Å². The quantitative estimate of drug-likeness (QED) is 0.853. The Labute approximate surface area is 95.5 Å². The van der Waals surface area contributed by atoms with E-state index in [1.54, 1.807) is 6.26 Å². The van der Waals surface area contributed by atoms with Gasteiger partial charge in [0.1, 0.15) is 5.76 Å². The lowest BCUT2D eigenvalue weighted by molar-refractivity contribution is 0.466. The number of hydrogen-bond donors (Lipinski definition) is 1. The summed E-state index contributed by atoms with van der Waals surface area (Å²) in [7, 11) is 2.03. The molecule has 0 spiro atoms. The highest BCUT2D eigenvalue weighted by Crippen LogP contribution is 2.16. The van der Waals surface area contributed by atoms with E-state index in [0.29, 0.717) is 0 Å². The van der Waals surface area contributed by atoms with Crippen molar-refractivity contribution in [1.82, 2.24) is 0 Å². The monoisotopic (exact) mass is 216 g/mol. The minimum absolute atomic E-state index is 0.0970. The minimum Gasteiger partial charge on any atom is -0.468 e. The second kappa shape index (κ2) is 4.86. The molecule has 0 aliphatic heterocycles. The van der Waals surface area contributed by atoms with Crippen LogP contribution in [0.15, 0.2) is 53.1 Å². The van der Waals surface area contributed by atoms with Crippen molar-refractivity contribution in [2.75, 3.05) is 18.5 Å².